The summed E-state index contributed by atoms with van der Waals surface area (Å²) in [7, 11) is 0. The van der Waals surface area contributed by atoms with Gasteiger partial charge in [0.2, 0.25) is 0 Å². The van der Waals surface area contributed by atoms with Crippen LogP contribution in [0.15, 0.2) is 18.2 Å². The predicted octanol–water partition coefficient (Wildman–Crippen LogP) is 2.40. The summed E-state index contributed by atoms with van der Waals surface area (Å²) in [5.41, 5.74) is 3.20. The van der Waals surface area contributed by atoms with Gasteiger partial charge in [0.15, 0.2) is 0 Å². The maximum Gasteiger partial charge on any atom is 0.123 e. The Balaban J connectivity index is 2.06. The molecular formula is C14H19NO. The van der Waals surface area contributed by atoms with Crippen molar-refractivity contribution in [3.63, 3.8) is 0 Å². The average molecular weight is 217 g/mol. The number of rotatable bonds is 0. The number of hydrogen-bond donors (Lipinski definition) is 1. The molecule has 0 amide bonds. The van der Waals surface area contributed by atoms with Crippen molar-refractivity contribution in [1.82, 2.24) is 5.32 Å². The summed E-state index contributed by atoms with van der Waals surface area (Å²) in [4.78, 5) is 0. The molecule has 2 aliphatic rings. The Kier molecular flexibility index (Phi) is 2.40. The minimum atomic E-state index is 0.394. The van der Waals surface area contributed by atoms with E-state index in [2.05, 4.69) is 30.4 Å². The van der Waals surface area contributed by atoms with Crippen LogP contribution in [0.25, 0.3) is 0 Å². The van der Waals surface area contributed by atoms with E-state index in [-0.39, 0.29) is 0 Å². The SMILES string of the molecule is Cc1ccc2c(c1)C1(CCNCC1)CCO2. The summed E-state index contributed by atoms with van der Waals surface area (Å²) in [5, 5.41) is 3.46. The normalized spacial score (nSPS) is 22.6. The van der Waals surface area contributed by atoms with Gasteiger partial charge in [-0.15, -0.1) is 0 Å². The Morgan fingerprint density at radius 3 is 2.81 bits per heavy atom. The molecule has 2 aliphatic heterocycles. The number of aryl methyl sites for hydroxylation is 1. The lowest BCUT2D eigenvalue weighted by atomic mass is 9.69. The standard InChI is InChI=1S/C14H19NO/c1-11-2-3-13-12(10-11)14(6-9-16-13)4-7-15-8-5-14/h2-3,10,15H,4-9H2,1H3. The van der Waals surface area contributed by atoms with E-state index < -0.39 is 0 Å². The highest BCUT2D eigenvalue weighted by atomic mass is 16.5. The summed E-state index contributed by atoms with van der Waals surface area (Å²) in [5.74, 6) is 1.12. The highest BCUT2D eigenvalue weighted by molar-refractivity contribution is 5.44. The predicted molar refractivity (Wildman–Crippen MR) is 65.1 cm³/mol. The van der Waals surface area contributed by atoms with Crippen molar-refractivity contribution in [1.29, 1.82) is 0 Å². The van der Waals surface area contributed by atoms with E-state index in [4.69, 9.17) is 4.74 Å². The zero-order chi connectivity index (χ0) is 11.0. The van der Waals surface area contributed by atoms with Crippen molar-refractivity contribution in [2.45, 2.75) is 31.6 Å². The molecule has 1 spiro atoms. The summed E-state index contributed by atoms with van der Waals surface area (Å²) in [6, 6.07) is 6.63. The first-order valence-corrected chi connectivity index (χ1v) is 6.25. The number of hydrogen-bond acceptors (Lipinski definition) is 2. The van der Waals surface area contributed by atoms with E-state index in [1.54, 1.807) is 0 Å². The molecule has 0 saturated carbocycles. The molecule has 2 heteroatoms. The Morgan fingerprint density at radius 2 is 2.00 bits per heavy atom. The van der Waals surface area contributed by atoms with Crippen LogP contribution in [0.5, 0.6) is 5.75 Å². The Labute approximate surface area is 97.0 Å². The van der Waals surface area contributed by atoms with Gasteiger partial charge in [-0.2, -0.15) is 0 Å². The van der Waals surface area contributed by atoms with E-state index in [1.807, 2.05) is 0 Å². The molecule has 16 heavy (non-hydrogen) atoms. The van der Waals surface area contributed by atoms with Gasteiger partial charge in [-0.1, -0.05) is 17.7 Å². The van der Waals surface area contributed by atoms with Gasteiger partial charge in [-0.05, 0) is 45.3 Å². The monoisotopic (exact) mass is 217 g/mol. The second-order valence-corrected chi connectivity index (χ2v) is 5.13. The third-order valence-corrected chi connectivity index (χ3v) is 4.11. The summed E-state index contributed by atoms with van der Waals surface area (Å²) < 4.78 is 5.79. The van der Waals surface area contributed by atoms with E-state index in [9.17, 15) is 0 Å². The van der Waals surface area contributed by atoms with Gasteiger partial charge in [0.1, 0.15) is 5.75 Å². The zero-order valence-electron chi connectivity index (χ0n) is 9.88. The van der Waals surface area contributed by atoms with Crippen LogP contribution in [0.4, 0.5) is 0 Å². The largest absolute Gasteiger partial charge is 0.493 e. The molecular weight excluding hydrogens is 198 g/mol. The fourth-order valence-corrected chi connectivity index (χ4v) is 3.10. The topological polar surface area (TPSA) is 21.3 Å². The number of benzene rings is 1. The van der Waals surface area contributed by atoms with Gasteiger partial charge in [0, 0.05) is 11.0 Å². The molecule has 0 radical (unpaired) electrons. The first-order valence-electron chi connectivity index (χ1n) is 6.25. The molecule has 0 aromatic heterocycles. The molecule has 86 valence electrons. The number of piperidine rings is 1. The molecule has 0 atom stereocenters. The van der Waals surface area contributed by atoms with Crippen molar-refractivity contribution in [2.75, 3.05) is 19.7 Å². The lowest BCUT2D eigenvalue weighted by Gasteiger charge is -2.42. The highest BCUT2D eigenvalue weighted by Crippen LogP contribution is 2.44. The number of ether oxygens (including phenoxy) is 1. The molecule has 1 fully saturated rings. The van der Waals surface area contributed by atoms with Crippen molar-refractivity contribution < 1.29 is 4.74 Å². The molecule has 1 N–H and O–H groups in total. The van der Waals surface area contributed by atoms with Crippen LogP contribution in [-0.4, -0.2) is 19.7 Å². The van der Waals surface area contributed by atoms with Crippen LogP contribution in [-0.2, 0) is 5.41 Å². The van der Waals surface area contributed by atoms with Gasteiger partial charge in [-0.3, -0.25) is 0 Å². The van der Waals surface area contributed by atoms with E-state index in [0.29, 0.717) is 5.41 Å². The third kappa shape index (κ3) is 1.52. The molecule has 2 nitrogen and oxygen atoms in total. The summed E-state index contributed by atoms with van der Waals surface area (Å²) in [6.07, 6.45) is 3.70. The smallest absolute Gasteiger partial charge is 0.123 e. The number of nitrogens with one attached hydrogen (secondary N) is 1. The fraction of sp³-hybridized carbons (Fsp3) is 0.571. The molecule has 1 aromatic carbocycles. The van der Waals surface area contributed by atoms with Crippen molar-refractivity contribution in [2.24, 2.45) is 0 Å². The van der Waals surface area contributed by atoms with Crippen molar-refractivity contribution >= 4 is 0 Å². The van der Waals surface area contributed by atoms with Gasteiger partial charge in [-0.25, -0.2) is 0 Å². The minimum Gasteiger partial charge on any atom is -0.493 e. The first-order chi connectivity index (χ1) is 7.80. The minimum absolute atomic E-state index is 0.394. The lowest BCUT2D eigenvalue weighted by Crippen LogP contribution is -2.43. The molecule has 0 aliphatic carbocycles. The third-order valence-electron chi connectivity index (χ3n) is 4.11. The second kappa shape index (κ2) is 3.77. The molecule has 1 aromatic rings. The maximum atomic E-state index is 5.79. The molecule has 2 heterocycles. The second-order valence-electron chi connectivity index (χ2n) is 5.13. The summed E-state index contributed by atoms with van der Waals surface area (Å²) in [6.45, 7) is 5.35. The van der Waals surface area contributed by atoms with Gasteiger partial charge >= 0.3 is 0 Å². The Hall–Kier alpha value is -1.02. The summed E-state index contributed by atoms with van der Waals surface area (Å²) >= 11 is 0. The van der Waals surface area contributed by atoms with Gasteiger partial charge in [0.25, 0.3) is 0 Å². The Bertz CT molecular complexity index is 394. The van der Waals surface area contributed by atoms with Gasteiger partial charge in [0.05, 0.1) is 6.61 Å². The van der Waals surface area contributed by atoms with E-state index >= 15 is 0 Å². The molecule has 3 rings (SSSR count). The van der Waals surface area contributed by atoms with Crippen LogP contribution in [0, 0.1) is 6.92 Å². The first kappa shape index (κ1) is 10.2. The highest BCUT2D eigenvalue weighted by Gasteiger charge is 2.38. The Morgan fingerprint density at radius 1 is 1.19 bits per heavy atom. The van der Waals surface area contributed by atoms with Crippen molar-refractivity contribution in [3.05, 3.63) is 29.3 Å². The zero-order valence-corrected chi connectivity index (χ0v) is 9.88. The van der Waals surface area contributed by atoms with Crippen LogP contribution < -0.4 is 10.1 Å². The lowest BCUT2D eigenvalue weighted by molar-refractivity contribution is 0.180. The maximum absolute atomic E-state index is 5.79. The van der Waals surface area contributed by atoms with Gasteiger partial charge < -0.3 is 10.1 Å². The fourth-order valence-electron chi connectivity index (χ4n) is 3.10. The van der Waals surface area contributed by atoms with Crippen molar-refractivity contribution in [3.8, 4) is 5.75 Å². The van der Waals surface area contributed by atoms with Crippen LogP contribution in [0.2, 0.25) is 0 Å². The quantitative estimate of drug-likeness (QED) is 0.720. The number of fused-ring (bicyclic) bond motifs is 2. The average Bonchev–Trinajstić information content (AvgIpc) is 2.32. The van der Waals surface area contributed by atoms with E-state index in [0.717, 1.165) is 25.4 Å². The molecule has 0 bridgehead atoms. The molecule has 1 saturated heterocycles. The van der Waals surface area contributed by atoms with Crippen LogP contribution in [0.3, 0.4) is 0 Å². The van der Waals surface area contributed by atoms with Crippen LogP contribution in [0.1, 0.15) is 30.4 Å². The molecule has 0 unspecified atom stereocenters. The van der Waals surface area contributed by atoms with E-state index in [1.165, 1.54) is 30.4 Å². The van der Waals surface area contributed by atoms with Crippen LogP contribution >= 0.6 is 0 Å².